The molecule has 1 heterocycles. The average molecular weight is 210 g/mol. The molecule has 0 radical (unpaired) electrons. The molecule has 2 rings (SSSR count). The van der Waals surface area contributed by atoms with Gasteiger partial charge in [0.1, 0.15) is 0 Å². The number of nitrogens with one attached hydrogen (secondary N) is 1. The molecule has 3 unspecified atom stereocenters. The van der Waals surface area contributed by atoms with Gasteiger partial charge in [-0.2, -0.15) is 0 Å². The molecule has 0 spiro atoms. The molecule has 0 aromatic heterocycles. The first-order valence-electron chi connectivity index (χ1n) is 6.76. The summed E-state index contributed by atoms with van der Waals surface area (Å²) in [7, 11) is 2.14. The molecule has 0 amide bonds. The zero-order chi connectivity index (χ0) is 10.7. The van der Waals surface area contributed by atoms with Gasteiger partial charge in [0.25, 0.3) is 0 Å². The third-order valence-electron chi connectivity index (χ3n) is 4.48. The van der Waals surface area contributed by atoms with Crippen LogP contribution in [0.5, 0.6) is 0 Å². The molecule has 1 aliphatic heterocycles. The van der Waals surface area contributed by atoms with Crippen LogP contribution in [0, 0.1) is 5.92 Å². The number of likely N-dealkylation sites (N-methyl/N-ethyl adjacent to an activating group) is 1. The van der Waals surface area contributed by atoms with Crippen LogP contribution in [0.2, 0.25) is 0 Å². The van der Waals surface area contributed by atoms with Crippen molar-refractivity contribution in [2.24, 2.45) is 5.92 Å². The molecule has 2 heteroatoms. The lowest BCUT2D eigenvalue weighted by Crippen LogP contribution is -2.51. The van der Waals surface area contributed by atoms with E-state index in [9.17, 15) is 0 Å². The molecule has 0 aromatic rings. The Labute approximate surface area is 94.4 Å². The molecule has 88 valence electrons. The van der Waals surface area contributed by atoms with Crippen LogP contribution in [-0.4, -0.2) is 37.1 Å². The maximum absolute atomic E-state index is 3.53. The van der Waals surface area contributed by atoms with Gasteiger partial charge in [-0.3, -0.25) is 4.90 Å². The zero-order valence-corrected chi connectivity index (χ0v) is 10.3. The number of rotatable bonds is 3. The third kappa shape index (κ3) is 2.54. The van der Waals surface area contributed by atoms with Gasteiger partial charge in [0.2, 0.25) is 0 Å². The number of hydrogen-bond acceptors (Lipinski definition) is 2. The van der Waals surface area contributed by atoms with E-state index in [1.165, 1.54) is 51.6 Å². The topological polar surface area (TPSA) is 15.3 Å². The van der Waals surface area contributed by atoms with Crippen molar-refractivity contribution >= 4 is 0 Å². The van der Waals surface area contributed by atoms with Gasteiger partial charge in [0, 0.05) is 12.1 Å². The Kier molecular flexibility index (Phi) is 4.04. The molecule has 0 aromatic carbocycles. The molecule has 3 atom stereocenters. The highest BCUT2D eigenvalue weighted by Gasteiger charge is 2.33. The van der Waals surface area contributed by atoms with E-state index < -0.39 is 0 Å². The number of hydrogen-bond donors (Lipinski definition) is 1. The largest absolute Gasteiger partial charge is 0.315 e. The maximum Gasteiger partial charge on any atom is 0.0251 e. The van der Waals surface area contributed by atoms with Crippen molar-refractivity contribution in [3.63, 3.8) is 0 Å². The van der Waals surface area contributed by atoms with Crippen LogP contribution in [0.3, 0.4) is 0 Å². The minimum absolute atomic E-state index is 0.755. The van der Waals surface area contributed by atoms with Crippen LogP contribution in [0.1, 0.15) is 45.4 Å². The summed E-state index contributed by atoms with van der Waals surface area (Å²) in [4.78, 5) is 2.74. The van der Waals surface area contributed by atoms with Crippen molar-refractivity contribution in [3.8, 4) is 0 Å². The van der Waals surface area contributed by atoms with Crippen LogP contribution in [-0.2, 0) is 0 Å². The van der Waals surface area contributed by atoms with Crippen molar-refractivity contribution in [1.29, 1.82) is 0 Å². The van der Waals surface area contributed by atoms with Gasteiger partial charge in [0.05, 0.1) is 0 Å². The van der Waals surface area contributed by atoms with Gasteiger partial charge in [0.15, 0.2) is 0 Å². The van der Waals surface area contributed by atoms with E-state index in [0.29, 0.717) is 0 Å². The lowest BCUT2D eigenvalue weighted by Gasteiger charge is -2.41. The summed E-state index contributed by atoms with van der Waals surface area (Å²) in [6, 6.07) is 1.59. The highest BCUT2D eigenvalue weighted by Crippen LogP contribution is 2.31. The summed E-state index contributed by atoms with van der Waals surface area (Å²) >= 11 is 0. The fraction of sp³-hybridized carbons (Fsp3) is 1.00. The first-order valence-corrected chi connectivity index (χ1v) is 6.76. The van der Waals surface area contributed by atoms with Crippen molar-refractivity contribution in [1.82, 2.24) is 10.2 Å². The van der Waals surface area contributed by atoms with Crippen molar-refractivity contribution in [2.75, 3.05) is 20.1 Å². The Bertz CT molecular complexity index is 185. The van der Waals surface area contributed by atoms with Gasteiger partial charge < -0.3 is 5.32 Å². The molecule has 2 fully saturated rings. The fourth-order valence-electron chi connectivity index (χ4n) is 3.42. The highest BCUT2D eigenvalue weighted by molar-refractivity contribution is 4.91. The summed E-state index contributed by atoms with van der Waals surface area (Å²) in [5.74, 6) is 0.986. The quantitative estimate of drug-likeness (QED) is 0.768. The summed E-state index contributed by atoms with van der Waals surface area (Å²) in [6.45, 7) is 5.05. The van der Waals surface area contributed by atoms with E-state index in [1.54, 1.807) is 0 Å². The van der Waals surface area contributed by atoms with E-state index >= 15 is 0 Å². The molecule has 2 nitrogen and oxygen atoms in total. The van der Waals surface area contributed by atoms with Crippen LogP contribution >= 0.6 is 0 Å². The van der Waals surface area contributed by atoms with E-state index in [0.717, 1.165) is 18.0 Å². The molecular weight excluding hydrogens is 184 g/mol. The Morgan fingerprint density at radius 3 is 2.53 bits per heavy atom. The van der Waals surface area contributed by atoms with Crippen molar-refractivity contribution in [2.45, 2.75) is 57.5 Å². The van der Waals surface area contributed by atoms with Crippen LogP contribution in [0.25, 0.3) is 0 Å². The van der Waals surface area contributed by atoms with Gasteiger partial charge in [-0.15, -0.1) is 0 Å². The summed E-state index contributed by atoms with van der Waals surface area (Å²) in [6.07, 6.45) is 8.47. The lowest BCUT2D eigenvalue weighted by molar-refractivity contribution is 0.120. The van der Waals surface area contributed by atoms with Crippen molar-refractivity contribution in [3.05, 3.63) is 0 Å². The lowest BCUT2D eigenvalue weighted by atomic mass is 9.80. The standard InChI is InChI=1S/C13H26N2/c1-3-11-6-7-12(14-2)13(10-11)15-8-4-5-9-15/h11-14H,3-10H2,1-2H3. The molecular formula is C13H26N2. The Morgan fingerprint density at radius 1 is 1.20 bits per heavy atom. The maximum atomic E-state index is 3.53. The second-order valence-corrected chi connectivity index (χ2v) is 5.29. The zero-order valence-electron chi connectivity index (χ0n) is 10.3. The molecule has 2 aliphatic rings. The normalized spacial score (nSPS) is 38.4. The van der Waals surface area contributed by atoms with E-state index in [1.807, 2.05) is 0 Å². The third-order valence-corrected chi connectivity index (χ3v) is 4.48. The van der Waals surface area contributed by atoms with Crippen LogP contribution in [0.4, 0.5) is 0 Å². The molecule has 15 heavy (non-hydrogen) atoms. The Hall–Kier alpha value is -0.0800. The number of nitrogens with zero attached hydrogens (tertiary/aromatic N) is 1. The fourth-order valence-corrected chi connectivity index (χ4v) is 3.42. The second-order valence-electron chi connectivity index (χ2n) is 5.29. The monoisotopic (exact) mass is 210 g/mol. The second kappa shape index (κ2) is 5.31. The highest BCUT2D eigenvalue weighted by atomic mass is 15.2. The molecule has 1 N–H and O–H groups in total. The molecule has 1 aliphatic carbocycles. The van der Waals surface area contributed by atoms with Gasteiger partial charge in [-0.05, 0) is 58.2 Å². The summed E-state index contributed by atoms with van der Waals surface area (Å²) in [5, 5.41) is 3.53. The predicted molar refractivity (Wildman–Crippen MR) is 65.1 cm³/mol. The van der Waals surface area contributed by atoms with Crippen LogP contribution < -0.4 is 5.32 Å². The van der Waals surface area contributed by atoms with E-state index in [-0.39, 0.29) is 0 Å². The van der Waals surface area contributed by atoms with Gasteiger partial charge in [-0.1, -0.05) is 13.3 Å². The van der Waals surface area contributed by atoms with Gasteiger partial charge in [-0.25, -0.2) is 0 Å². The SMILES string of the molecule is CCC1CCC(NC)C(N2CCCC2)C1. The van der Waals surface area contributed by atoms with Gasteiger partial charge >= 0.3 is 0 Å². The smallest absolute Gasteiger partial charge is 0.0251 e. The van der Waals surface area contributed by atoms with Crippen molar-refractivity contribution < 1.29 is 0 Å². The molecule has 0 bridgehead atoms. The molecule has 1 saturated carbocycles. The summed E-state index contributed by atoms with van der Waals surface area (Å²) < 4.78 is 0. The molecule has 1 saturated heterocycles. The Morgan fingerprint density at radius 2 is 1.93 bits per heavy atom. The number of likely N-dealkylation sites (tertiary alicyclic amines) is 1. The summed E-state index contributed by atoms with van der Waals surface area (Å²) in [5.41, 5.74) is 0. The minimum Gasteiger partial charge on any atom is -0.315 e. The van der Waals surface area contributed by atoms with E-state index in [4.69, 9.17) is 0 Å². The first-order chi connectivity index (χ1) is 7.35. The van der Waals surface area contributed by atoms with E-state index in [2.05, 4.69) is 24.2 Å². The van der Waals surface area contributed by atoms with Crippen LogP contribution in [0.15, 0.2) is 0 Å². The Balaban J connectivity index is 1.96. The minimum atomic E-state index is 0.755. The predicted octanol–water partition coefficient (Wildman–Crippen LogP) is 2.25. The average Bonchev–Trinajstić information content (AvgIpc) is 2.81. The first kappa shape index (κ1) is 11.4.